The minimum absolute atomic E-state index is 0.00915. The van der Waals surface area contributed by atoms with Gasteiger partial charge in [0, 0.05) is 25.2 Å². The van der Waals surface area contributed by atoms with E-state index in [-0.39, 0.29) is 24.2 Å². The van der Waals surface area contributed by atoms with Crippen LogP contribution in [0.5, 0.6) is 0 Å². The van der Waals surface area contributed by atoms with Gasteiger partial charge in [-0.05, 0) is 25.1 Å². The quantitative estimate of drug-likeness (QED) is 0.730. The number of nitrogens with one attached hydrogen (secondary N) is 2. The highest BCUT2D eigenvalue weighted by molar-refractivity contribution is 7.89. The molecule has 8 heteroatoms. The van der Waals surface area contributed by atoms with Crippen LogP contribution in [0.1, 0.15) is 13.8 Å². The number of sulfonamides is 1. The summed E-state index contributed by atoms with van der Waals surface area (Å²) in [6.45, 7) is 2.90. The summed E-state index contributed by atoms with van der Waals surface area (Å²) in [6, 6.07) is 2.97. The van der Waals surface area contributed by atoms with Crippen molar-refractivity contribution in [3.05, 3.63) is 24.0 Å². The largest absolute Gasteiger partial charge is 0.327 e. The summed E-state index contributed by atoms with van der Waals surface area (Å²) in [7, 11) is -3.95. The predicted octanol–water partition coefficient (Wildman–Crippen LogP) is 0.410. The van der Waals surface area contributed by atoms with Crippen molar-refractivity contribution >= 4 is 21.6 Å². The average molecular weight is 289 g/mol. The van der Waals surface area contributed by atoms with Crippen LogP contribution < -0.4 is 15.8 Å². The first-order valence-corrected chi connectivity index (χ1v) is 7.03. The summed E-state index contributed by atoms with van der Waals surface area (Å²) in [6.07, 6.45) is 0. The van der Waals surface area contributed by atoms with E-state index in [1.165, 1.54) is 13.0 Å². The van der Waals surface area contributed by atoms with E-state index in [0.717, 1.165) is 12.1 Å². The number of hydrogen-bond acceptors (Lipinski definition) is 4. The third kappa shape index (κ3) is 4.58. The molecule has 0 bridgehead atoms. The van der Waals surface area contributed by atoms with Crippen molar-refractivity contribution in [2.75, 3.05) is 11.9 Å². The summed E-state index contributed by atoms with van der Waals surface area (Å²) in [5, 5.41) is 2.36. The van der Waals surface area contributed by atoms with Gasteiger partial charge in [0.25, 0.3) is 0 Å². The normalized spacial score (nSPS) is 13.1. The molecule has 0 aliphatic rings. The molecule has 1 atom stereocenters. The first-order chi connectivity index (χ1) is 8.72. The molecule has 0 radical (unpaired) electrons. The zero-order chi connectivity index (χ0) is 14.6. The Kier molecular flexibility index (Phi) is 4.98. The number of nitrogens with two attached hydrogens (primary N) is 1. The molecule has 1 unspecified atom stereocenters. The van der Waals surface area contributed by atoms with Gasteiger partial charge in [-0.25, -0.2) is 17.5 Å². The van der Waals surface area contributed by atoms with E-state index in [4.69, 9.17) is 5.73 Å². The van der Waals surface area contributed by atoms with Gasteiger partial charge in [-0.3, -0.25) is 4.79 Å². The molecule has 1 rings (SSSR count). The molecule has 19 heavy (non-hydrogen) atoms. The number of carbonyl (C=O) groups excluding carboxylic acids is 1. The highest BCUT2D eigenvalue weighted by atomic mass is 32.2. The third-order valence-electron chi connectivity index (χ3n) is 2.14. The molecule has 0 saturated heterocycles. The summed E-state index contributed by atoms with van der Waals surface area (Å²) >= 11 is 0. The maximum Gasteiger partial charge on any atom is 0.243 e. The average Bonchev–Trinajstić information content (AvgIpc) is 2.25. The molecule has 0 aliphatic carbocycles. The second-order valence-corrected chi connectivity index (χ2v) is 5.89. The molecule has 0 aliphatic heterocycles. The van der Waals surface area contributed by atoms with Crippen LogP contribution in [0.3, 0.4) is 0 Å². The lowest BCUT2D eigenvalue weighted by atomic mass is 10.3. The van der Waals surface area contributed by atoms with Crippen molar-refractivity contribution < 1.29 is 17.6 Å². The van der Waals surface area contributed by atoms with Crippen molar-refractivity contribution in [2.24, 2.45) is 5.73 Å². The fourth-order valence-corrected chi connectivity index (χ4v) is 2.52. The molecular weight excluding hydrogens is 273 g/mol. The van der Waals surface area contributed by atoms with E-state index in [1.54, 1.807) is 6.92 Å². The van der Waals surface area contributed by atoms with Gasteiger partial charge in [-0.1, -0.05) is 0 Å². The number of carbonyl (C=O) groups is 1. The fourth-order valence-electron chi connectivity index (χ4n) is 1.32. The lowest BCUT2D eigenvalue weighted by Crippen LogP contribution is -2.35. The molecule has 1 aromatic carbocycles. The number of halogens is 1. The van der Waals surface area contributed by atoms with Gasteiger partial charge >= 0.3 is 0 Å². The van der Waals surface area contributed by atoms with Crippen molar-refractivity contribution in [3.63, 3.8) is 0 Å². The monoisotopic (exact) mass is 289 g/mol. The zero-order valence-electron chi connectivity index (χ0n) is 10.6. The molecule has 106 valence electrons. The van der Waals surface area contributed by atoms with Crippen LogP contribution in [-0.2, 0) is 14.8 Å². The lowest BCUT2D eigenvalue weighted by molar-refractivity contribution is -0.114. The Labute approximate surface area is 111 Å². The summed E-state index contributed by atoms with van der Waals surface area (Å²) in [4.78, 5) is 10.3. The summed E-state index contributed by atoms with van der Waals surface area (Å²) < 4.78 is 39.5. The highest BCUT2D eigenvalue weighted by Crippen LogP contribution is 2.18. The van der Waals surface area contributed by atoms with Crippen LogP contribution in [0.15, 0.2) is 23.1 Å². The Morgan fingerprint density at radius 2 is 2.11 bits per heavy atom. The molecule has 0 spiro atoms. The Bertz CT molecular complexity index is 573. The van der Waals surface area contributed by atoms with Crippen LogP contribution in [0.4, 0.5) is 10.1 Å². The Balaban J connectivity index is 2.98. The topological polar surface area (TPSA) is 101 Å². The van der Waals surface area contributed by atoms with Gasteiger partial charge in [0.1, 0.15) is 10.7 Å². The van der Waals surface area contributed by atoms with Crippen LogP contribution in [0, 0.1) is 5.82 Å². The van der Waals surface area contributed by atoms with E-state index >= 15 is 0 Å². The van der Waals surface area contributed by atoms with Gasteiger partial charge in [0.2, 0.25) is 15.9 Å². The number of amides is 1. The Morgan fingerprint density at radius 1 is 1.47 bits per heavy atom. The van der Waals surface area contributed by atoms with Crippen LogP contribution in [0.2, 0.25) is 0 Å². The van der Waals surface area contributed by atoms with Crippen LogP contribution in [0.25, 0.3) is 0 Å². The number of anilines is 1. The summed E-state index contributed by atoms with van der Waals surface area (Å²) in [5.41, 5.74) is 5.62. The Morgan fingerprint density at radius 3 is 2.58 bits per heavy atom. The van der Waals surface area contributed by atoms with Gasteiger partial charge in [0.05, 0.1) is 0 Å². The molecular formula is C11H16FN3O3S. The number of hydrogen-bond donors (Lipinski definition) is 3. The molecule has 0 fully saturated rings. The zero-order valence-corrected chi connectivity index (χ0v) is 11.4. The Hall–Kier alpha value is -1.51. The van der Waals surface area contributed by atoms with Crippen LogP contribution >= 0.6 is 0 Å². The molecule has 0 heterocycles. The van der Waals surface area contributed by atoms with Gasteiger partial charge in [-0.15, -0.1) is 0 Å². The van der Waals surface area contributed by atoms with E-state index in [9.17, 15) is 17.6 Å². The molecule has 1 aromatic rings. The van der Waals surface area contributed by atoms with Crippen molar-refractivity contribution in [3.8, 4) is 0 Å². The third-order valence-corrected chi connectivity index (χ3v) is 3.59. The highest BCUT2D eigenvalue weighted by Gasteiger charge is 2.19. The molecule has 0 saturated carbocycles. The minimum Gasteiger partial charge on any atom is -0.327 e. The molecule has 1 amide bonds. The van der Waals surface area contributed by atoms with Crippen LogP contribution in [-0.4, -0.2) is 26.9 Å². The standard InChI is InChI=1S/C11H16FN3O3S/c1-7(13)6-14-19(17,18)11-4-3-9(5-10(11)12)15-8(2)16/h3-5,7,14H,6,13H2,1-2H3,(H,15,16). The second kappa shape index (κ2) is 6.09. The summed E-state index contributed by atoms with van der Waals surface area (Å²) in [5.74, 6) is -1.31. The van der Waals surface area contributed by atoms with Gasteiger partial charge in [0.15, 0.2) is 0 Å². The van der Waals surface area contributed by atoms with E-state index in [2.05, 4.69) is 10.0 Å². The first-order valence-electron chi connectivity index (χ1n) is 5.55. The van der Waals surface area contributed by atoms with Crippen molar-refractivity contribution in [1.82, 2.24) is 4.72 Å². The van der Waals surface area contributed by atoms with Crippen molar-refractivity contribution in [1.29, 1.82) is 0 Å². The molecule has 6 nitrogen and oxygen atoms in total. The van der Waals surface area contributed by atoms with E-state index in [1.807, 2.05) is 0 Å². The van der Waals surface area contributed by atoms with E-state index in [0.29, 0.717) is 0 Å². The smallest absolute Gasteiger partial charge is 0.243 e. The molecule has 4 N–H and O–H groups in total. The second-order valence-electron chi connectivity index (χ2n) is 4.16. The predicted molar refractivity (Wildman–Crippen MR) is 69.5 cm³/mol. The fraction of sp³-hybridized carbons (Fsp3) is 0.364. The SMILES string of the molecule is CC(=O)Nc1ccc(S(=O)(=O)NCC(C)N)c(F)c1. The van der Waals surface area contributed by atoms with E-state index < -0.39 is 20.7 Å². The minimum atomic E-state index is -3.95. The van der Waals surface area contributed by atoms with Crippen molar-refractivity contribution in [2.45, 2.75) is 24.8 Å². The first kappa shape index (κ1) is 15.5. The maximum absolute atomic E-state index is 13.7. The molecule has 0 aromatic heterocycles. The number of benzene rings is 1. The van der Waals surface area contributed by atoms with Gasteiger partial charge < -0.3 is 11.1 Å². The maximum atomic E-state index is 13.7. The van der Waals surface area contributed by atoms with Gasteiger partial charge in [-0.2, -0.15) is 0 Å². The lowest BCUT2D eigenvalue weighted by Gasteiger charge is -2.10. The number of rotatable bonds is 5.